The van der Waals surface area contributed by atoms with E-state index in [-0.39, 0.29) is 17.4 Å². The van der Waals surface area contributed by atoms with Crippen molar-refractivity contribution in [1.29, 1.82) is 0 Å². The fourth-order valence-electron chi connectivity index (χ4n) is 2.82. The molecule has 19 heavy (non-hydrogen) atoms. The highest BCUT2D eigenvalue weighted by Gasteiger charge is 2.37. The van der Waals surface area contributed by atoms with E-state index in [1.807, 2.05) is 24.3 Å². The summed E-state index contributed by atoms with van der Waals surface area (Å²) < 4.78 is 5.61. The topological polar surface area (TPSA) is 50.4 Å². The molecular formula is C15H20N2O2. The third-order valence-corrected chi connectivity index (χ3v) is 4.26. The number of para-hydroxylation sites is 1. The van der Waals surface area contributed by atoms with Crippen LogP contribution < -0.4 is 15.4 Å². The fourth-order valence-corrected chi connectivity index (χ4v) is 2.82. The molecular weight excluding hydrogens is 240 g/mol. The van der Waals surface area contributed by atoms with Crippen molar-refractivity contribution in [2.24, 2.45) is 5.41 Å². The number of piperidine rings is 1. The molecule has 0 bridgehead atoms. The van der Waals surface area contributed by atoms with E-state index in [9.17, 15) is 4.79 Å². The summed E-state index contributed by atoms with van der Waals surface area (Å²) in [5.74, 6) is 1.04. The van der Waals surface area contributed by atoms with Gasteiger partial charge in [0.15, 0.2) is 0 Å². The van der Waals surface area contributed by atoms with Gasteiger partial charge in [-0.3, -0.25) is 4.79 Å². The summed E-state index contributed by atoms with van der Waals surface area (Å²) in [4.78, 5) is 12.5. The van der Waals surface area contributed by atoms with E-state index in [1.165, 1.54) is 0 Å². The van der Waals surface area contributed by atoms with Crippen LogP contribution >= 0.6 is 0 Å². The Morgan fingerprint density at radius 3 is 2.89 bits per heavy atom. The normalized spacial score (nSPS) is 24.4. The molecule has 0 aliphatic carbocycles. The number of amides is 1. The van der Waals surface area contributed by atoms with E-state index in [0.29, 0.717) is 6.61 Å². The van der Waals surface area contributed by atoms with Gasteiger partial charge >= 0.3 is 0 Å². The maximum Gasteiger partial charge on any atom is 0.226 e. The molecule has 4 heteroatoms. The van der Waals surface area contributed by atoms with Crippen LogP contribution in [0.15, 0.2) is 24.3 Å². The smallest absolute Gasteiger partial charge is 0.226 e. The van der Waals surface area contributed by atoms with Crippen molar-refractivity contribution < 1.29 is 9.53 Å². The van der Waals surface area contributed by atoms with Crippen molar-refractivity contribution in [1.82, 2.24) is 10.6 Å². The van der Waals surface area contributed by atoms with Crippen molar-refractivity contribution in [3.63, 3.8) is 0 Å². The lowest BCUT2D eigenvalue weighted by Crippen LogP contribution is -2.47. The first kappa shape index (κ1) is 12.5. The van der Waals surface area contributed by atoms with Gasteiger partial charge in [0.2, 0.25) is 5.91 Å². The molecule has 3 rings (SSSR count). The highest BCUT2D eigenvalue weighted by atomic mass is 16.5. The Labute approximate surface area is 113 Å². The highest BCUT2D eigenvalue weighted by Crippen LogP contribution is 2.34. The van der Waals surface area contributed by atoms with Gasteiger partial charge in [-0.15, -0.1) is 0 Å². The third kappa shape index (κ3) is 2.32. The van der Waals surface area contributed by atoms with Crippen molar-refractivity contribution >= 4 is 5.91 Å². The molecule has 1 aromatic rings. The predicted molar refractivity (Wildman–Crippen MR) is 73.0 cm³/mol. The first-order chi connectivity index (χ1) is 9.19. The second-order valence-corrected chi connectivity index (χ2v) is 5.69. The largest absolute Gasteiger partial charge is 0.491 e. The Morgan fingerprint density at radius 2 is 2.11 bits per heavy atom. The molecule has 1 amide bonds. The molecule has 4 nitrogen and oxygen atoms in total. The Balaban J connectivity index is 1.71. The van der Waals surface area contributed by atoms with Gasteiger partial charge in [0.25, 0.3) is 0 Å². The quantitative estimate of drug-likeness (QED) is 0.849. The Morgan fingerprint density at radius 1 is 1.37 bits per heavy atom. The Bertz CT molecular complexity index is 481. The van der Waals surface area contributed by atoms with E-state index >= 15 is 0 Å². The van der Waals surface area contributed by atoms with Crippen molar-refractivity contribution in [3.8, 4) is 5.75 Å². The molecule has 1 aromatic carbocycles. The lowest BCUT2D eigenvalue weighted by Gasteiger charge is -2.33. The van der Waals surface area contributed by atoms with Crippen LogP contribution in [0.4, 0.5) is 0 Å². The highest BCUT2D eigenvalue weighted by molar-refractivity contribution is 5.83. The van der Waals surface area contributed by atoms with E-state index in [1.54, 1.807) is 0 Å². The number of hydrogen-bond donors (Lipinski definition) is 2. The van der Waals surface area contributed by atoms with Crippen LogP contribution in [0, 0.1) is 5.41 Å². The minimum absolute atomic E-state index is 0.00425. The molecule has 1 unspecified atom stereocenters. The summed E-state index contributed by atoms with van der Waals surface area (Å²) in [5.41, 5.74) is 0.844. The van der Waals surface area contributed by atoms with E-state index < -0.39 is 0 Å². The first-order valence-electron chi connectivity index (χ1n) is 6.92. The van der Waals surface area contributed by atoms with Crippen LogP contribution in [0.1, 0.15) is 31.4 Å². The van der Waals surface area contributed by atoms with Gasteiger partial charge < -0.3 is 15.4 Å². The number of hydrogen-bond acceptors (Lipinski definition) is 3. The van der Waals surface area contributed by atoms with Crippen molar-refractivity contribution in [2.75, 3.05) is 19.7 Å². The number of fused-ring (bicyclic) bond motifs is 1. The number of nitrogens with one attached hydrogen (secondary N) is 2. The van der Waals surface area contributed by atoms with Gasteiger partial charge in [0.05, 0.1) is 6.04 Å². The number of carbonyl (C=O) groups is 1. The number of rotatable bonds is 2. The zero-order valence-corrected chi connectivity index (χ0v) is 11.2. The molecule has 1 saturated heterocycles. The molecule has 2 aliphatic heterocycles. The summed E-state index contributed by atoms with van der Waals surface area (Å²) in [6.45, 7) is 4.44. The Kier molecular flexibility index (Phi) is 3.19. The lowest BCUT2D eigenvalue weighted by molar-refractivity contribution is -0.132. The molecule has 1 fully saturated rings. The van der Waals surface area contributed by atoms with Gasteiger partial charge in [-0.2, -0.15) is 0 Å². The average Bonchev–Trinajstić information content (AvgIpc) is 2.83. The first-order valence-corrected chi connectivity index (χ1v) is 6.92. The number of carbonyl (C=O) groups excluding carboxylic acids is 1. The monoisotopic (exact) mass is 260 g/mol. The SMILES string of the molecule is CC1(C(=O)NC2COc3ccccc32)CCNCC1. The minimum Gasteiger partial charge on any atom is -0.491 e. The second kappa shape index (κ2) is 4.85. The Hall–Kier alpha value is -1.55. The molecule has 2 aliphatic rings. The number of benzene rings is 1. The zero-order valence-electron chi connectivity index (χ0n) is 11.2. The van der Waals surface area contributed by atoms with E-state index in [0.717, 1.165) is 37.2 Å². The van der Waals surface area contributed by atoms with Crippen molar-refractivity contribution in [3.05, 3.63) is 29.8 Å². The van der Waals surface area contributed by atoms with Crippen LogP contribution in [-0.4, -0.2) is 25.6 Å². The van der Waals surface area contributed by atoms with Crippen LogP contribution in [0.5, 0.6) is 5.75 Å². The van der Waals surface area contributed by atoms with Gasteiger partial charge in [-0.25, -0.2) is 0 Å². The van der Waals surface area contributed by atoms with Gasteiger partial charge in [0.1, 0.15) is 12.4 Å². The van der Waals surface area contributed by atoms with Gasteiger partial charge in [-0.05, 0) is 32.0 Å². The molecule has 0 aromatic heterocycles. The van der Waals surface area contributed by atoms with Crippen LogP contribution in [0.2, 0.25) is 0 Å². The summed E-state index contributed by atoms with van der Waals surface area (Å²) in [6.07, 6.45) is 1.79. The summed E-state index contributed by atoms with van der Waals surface area (Å²) in [7, 11) is 0. The molecule has 0 spiro atoms. The average molecular weight is 260 g/mol. The van der Waals surface area contributed by atoms with Crippen molar-refractivity contribution in [2.45, 2.75) is 25.8 Å². The molecule has 2 heterocycles. The second-order valence-electron chi connectivity index (χ2n) is 5.69. The van der Waals surface area contributed by atoms with Crippen LogP contribution in [-0.2, 0) is 4.79 Å². The van der Waals surface area contributed by atoms with Gasteiger partial charge in [0, 0.05) is 11.0 Å². The van der Waals surface area contributed by atoms with Crippen LogP contribution in [0.25, 0.3) is 0 Å². The maximum atomic E-state index is 12.5. The minimum atomic E-state index is -0.247. The standard InChI is InChI=1S/C15H20N2O2/c1-15(6-8-16-9-7-15)14(18)17-12-10-19-13-5-3-2-4-11(12)13/h2-5,12,16H,6-10H2,1H3,(H,17,18). The lowest BCUT2D eigenvalue weighted by atomic mass is 9.80. The zero-order chi connectivity index (χ0) is 13.3. The number of ether oxygens (including phenoxy) is 1. The molecule has 0 saturated carbocycles. The molecule has 102 valence electrons. The predicted octanol–water partition coefficient (Wildman–Crippen LogP) is 1.63. The summed E-state index contributed by atoms with van der Waals surface area (Å²) >= 11 is 0. The third-order valence-electron chi connectivity index (χ3n) is 4.26. The fraction of sp³-hybridized carbons (Fsp3) is 0.533. The van der Waals surface area contributed by atoms with E-state index in [2.05, 4.69) is 17.6 Å². The molecule has 0 radical (unpaired) electrons. The maximum absolute atomic E-state index is 12.5. The van der Waals surface area contributed by atoms with Gasteiger partial charge in [-0.1, -0.05) is 25.1 Å². The summed E-state index contributed by atoms with van der Waals surface area (Å²) in [5, 5.41) is 6.45. The van der Waals surface area contributed by atoms with Crippen LogP contribution in [0.3, 0.4) is 0 Å². The van der Waals surface area contributed by atoms with E-state index in [4.69, 9.17) is 4.74 Å². The molecule has 2 N–H and O–H groups in total. The molecule has 1 atom stereocenters. The summed E-state index contributed by atoms with van der Waals surface area (Å²) in [6, 6.07) is 7.91.